The zero-order valence-corrected chi connectivity index (χ0v) is 9.23. The van der Waals surface area contributed by atoms with Crippen molar-refractivity contribution in [2.75, 3.05) is 6.61 Å². The van der Waals surface area contributed by atoms with E-state index in [2.05, 4.69) is 0 Å². The van der Waals surface area contributed by atoms with Crippen LogP contribution in [0, 0.1) is 18.3 Å². The molecule has 16 heavy (non-hydrogen) atoms. The van der Waals surface area contributed by atoms with Crippen LogP contribution in [0.4, 0.5) is 0 Å². The van der Waals surface area contributed by atoms with Crippen LogP contribution in [0.25, 0.3) is 0 Å². The number of nitrogens with zero attached hydrogens (tertiary/aromatic N) is 1. The first-order valence-corrected chi connectivity index (χ1v) is 4.93. The van der Waals surface area contributed by atoms with Crippen molar-refractivity contribution in [1.29, 1.82) is 5.26 Å². The van der Waals surface area contributed by atoms with Crippen molar-refractivity contribution in [2.24, 2.45) is 0 Å². The molecule has 0 bridgehead atoms. The molecule has 1 aromatic rings. The number of benzene rings is 1. The number of nitriles is 1. The monoisotopic (exact) mass is 219 g/mol. The molecule has 4 nitrogen and oxygen atoms in total. The Morgan fingerprint density at radius 2 is 2.19 bits per heavy atom. The molecule has 0 saturated carbocycles. The highest BCUT2D eigenvalue weighted by atomic mass is 16.5. The summed E-state index contributed by atoms with van der Waals surface area (Å²) in [6.45, 7) is 3.46. The van der Waals surface area contributed by atoms with Crippen molar-refractivity contribution in [3.8, 4) is 6.07 Å². The first-order chi connectivity index (χ1) is 7.56. The minimum Gasteiger partial charge on any atom is -0.463 e. The summed E-state index contributed by atoms with van der Waals surface area (Å²) in [6.07, 6.45) is 0. The van der Waals surface area contributed by atoms with E-state index in [1.54, 1.807) is 38.1 Å². The van der Waals surface area contributed by atoms with Crippen LogP contribution in [0.2, 0.25) is 0 Å². The highest BCUT2D eigenvalue weighted by Gasteiger charge is 2.41. The summed E-state index contributed by atoms with van der Waals surface area (Å²) in [7, 11) is 0. The van der Waals surface area contributed by atoms with E-state index < -0.39 is 11.6 Å². The largest absolute Gasteiger partial charge is 0.463 e. The van der Waals surface area contributed by atoms with E-state index in [4.69, 9.17) is 10.00 Å². The molecule has 1 aromatic carbocycles. The van der Waals surface area contributed by atoms with Crippen LogP contribution in [0.15, 0.2) is 24.3 Å². The SMILES string of the molecule is CCOC(=O)[C@](O)(C#N)c1ccccc1C. The Morgan fingerprint density at radius 3 is 2.69 bits per heavy atom. The summed E-state index contributed by atoms with van der Waals surface area (Å²) in [5.41, 5.74) is -1.29. The topological polar surface area (TPSA) is 70.3 Å². The standard InChI is InChI=1S/C12H13NO3/c1-3-16-11(14)12(15,8-13)10-7-5-4-6-9(10)2/h4-7,15H,3H2,1-2H3/t12-/m0/s1. The summed E-state index contributed by atoms with van der Waals surface area (Å²) in [6, 6.07) is 8.28. The molecule has 0 radical (unpaired) electrons. The zero-order chi connectivity index (χ0) is 12.2. The van der Waals surface area contributed by atoms with Gasteiger partial charge in [-0.25, -0.2) is 4.79 Å². The second-order valence-electron chi connectivity index (χ2n) is 3.36. The molecule has 0 aliphatic carbocycles. The number of ether oxygens (including phenoxy) is 1. The van der Waals surface area contributed by atoms with Crippen LogP contribution in [0.5, 0.6) is 0 Å². The fourth-order valence-corrected chi connectivity index (χ4v) is 1.43. The van der Waals surface area contributed by atoms with Gasteiger partial charge in [0.25, 0.3) is 5.60 Å². The lowest BCUT2D eigenvalue weighted by molar-refractivity contribution is -0.160. The molecule has 0 heterocycles. The van der Waals surface area contributed by atoms with Gasteiger partial charge in [0.1, 0.15) is 6.07 Å². The smallest absolute Gasteiger partial charge is 0.358 e. The predicted molar refractivity (Wildman–Crippen MR) is 57.3 cm³/mol. The average Bonchev–Trinajstić information content (AvgIpc) is 2.29. The van der Waals surface area contributed by atoms with Gasteiger partial charge in [-0.3, -0.25) is 0 Å². The Labute approximate surface area is 94.1 Å². The lowest BCUT2D eigenvalue weighted by Gasteiger charge is -2.20. The van der Waals surface area contributed by atoms with E-state index in [0.717, 1.165) is 0 Å². The summed E-state index contributed by atoms with van der Waals surface area (Å²) >= 11 is 0. The Bertz CT molecular complexity index is 436. The van der Waals surface area contributed by atoms with Gasteiger partial charge in [0, 0.05) is 5.56 Å². The Kier molecular flexibility index (Phi) is 3.64. The molecule has 0 fully saturated rings. The van der Waals surface area contributed by atoms with Gasteiger partial charge in [0.15, 0.2) is 0 Å². The van der Waals surface area contributed by atoms with Crippen LogP contribution < -0.4 is 0 Å². The van der Waals surface area contributed by atoms with E-state index in [-0.39, 0.29) is 12.2 Å². The van der Waals surface area contributed by atoms with Crippen molar-refractivity contribution < 1.29 is 14.6 Å². The number of carbonyl (C=O) groups excluding carboxylic acids is 1. The lowest BCUT2D eigenvalue weighted by atomic mass is 9.91. The van der Waals surface area contributed by atoms with Gasteiger partial charge in [0.05, 0.1) is 6.61 Å². The van der Waals surface area contributed by atoms with Crippen LogP contribution >= 0.6 is 0 Å². The van der Waals surface area contributed by atoms with Crippen LogP contribution in [-0.4, -0.2) is 17.7 Å². The summed E-state index contributed by atoms with van der Waals surface area (Å²) < 4.78 is 4.70. The van der Waals surface area contributed by atoms with Crippen molar-refractivity contribution in [3.63, 3.8) is 0 Å². The maximum absolute atomic E-state index is 11.6. The van der Waals surface area contributed by atoms with Crippen molar-refractivity contribution >= 4 is 5.97 Å². The number of carbonyl (C=O) groups is 1. The minimum absolute atomic E-state index is 0.120. The summed E-state index contributed by atoms with van der Waals surface area (Å²) in [4.78, 5) is 11.6. The van der Waals surface area contributed by atoms with Gasteiger partial charge in [-0.15, -0.1) is 0 Å². The molecular formula is C12H13NO3. The molecule has 1 atom stereocenters. The number of aryl methyl sites for hydroxylation is 1. The maximum Gasteiger partial charge on any atom is 0.358 e. The number of rotatable bonds is 3. The summed E-state index contributed by atoms with van der Waals surface area (Å²) in [5.74, 6) is -0.938. The lowest BCUT2D eigenvalue weighted by Crippen LogP contribution is -2.36. The van der Waals surface area contributed by atoms with Gasteiger partial charge in [-0.05, 0) is 19.4 Å². The van der Waals surface area contributed by atoms with Crippen LogP contribution in [-0.2, 0) is 15.1 Å². The number of aliphatic hydroxyl groups is 1. The third-order valence-electron chi connectivity index (χ3n) is 2.27. The Balaban J connectivity index is 3.21. The fraction of sp³-hybridized carbons (Fsp3) is 0.333. The van der Waals surface area contributed by atoms with Crippen LogP contribution in [0.1, 0.15) is 18.1 Å². The highest BCUT2D eigenvalue weighted by molar-refractivity contribution is 5.85. The Morgan fingerprint density at radius 1 is 1.56 bits per heavy atom. The molecule has 1 rings (SSSR count). The number of hydrogen-bond acceptors (Lipinski definition) is 4. The molecule has 4 heteroatoms. The quantitative estimate of drug-likeness (QED) is 0.614. The van der Waals surface area contributed by atoms with E-state index in [1.807, 2.05) is 0 Å². The molecular weight excluding hydrogens is 206 g/mol. The highest BCUT2D eigenvalue weighted by Crippen LogP contribution is 2.25. The van der Waals surface area contributed by atoms with Gasteiger partial charge < -0.3 is 9.84 Å². The second-order valence-corrected chi connectivity index (χ2v) is 3.36. The molecule has 1 N–H and O–H groups in total. The first kappa shape index (κ1) is 12.2. The minimum atomic E-state index is -2.22. The molecule has 0 spiro atoms. The molecule has 0 aromatic heterocycles. The molecule has 0 aliphatic heterocycles. The molecule has 0 unspecified atom stereocenters. The van der Waals surface area contributed by atoms with Crippen molar-refractivity contribution in [2.45, 2.75) is 19.4 Å². The van der Waals surface area contributed by atoms with Gasteiger partial charge in [0.2, 0.25) is 0 Å². The van der Waals surface area contributed by atoms with Crippen LogP contribution in [0.3, 0.4) is 0 Å². The predicted octanol–water partition coefficient (Wildman–Crippen LogP) is 1.27. The number of hydrogen-bond donors (Lipinski definition) is 1. The van der Waals surface area contributed by atoms with E-state index in [1.165, 1.54) is 6.07 Å². The molecule has 84 valence electrons. The van der Waals surface area contributed by atoms with Gasteiger partial charge in [-0.1, -0.05) is 24.3 Å². The normalized spacial score (nSPS) is 13.6. The number of esters is 1. The second kappa shape index (κ2) is 4.77. The zero-order valence-electron chi connectivity index (χ0n) is 9.23. The van der Waals surface area contributed by atoms with E-state index >= 15 is 0 Å². The summed E-state index contributed by atoms with van der Waals surface area (Å²) in [5, 5.41) is 19.0. The molecule has 0 amide bonds. The van der Waals surface area contributed by atoms with Gasteiger partial charge >= 0.3 is 5.97 Å². The van der Waals surface area contributed by atoms with E-state index in [0.29, 0.717) is 5.56 Å². The van der Waals surface area contributed by atoms with Crippen molar-refractivity contribution in [1.82, 2.24) is 0 Å². The van der Waals surface area contributed by atoms with Gasteiger partial charge in [-0.2, -0.15) is 5.26 Å². The molecule has 0 aliphatic rings. The average molecular weight is 219 g/mol. The maximum atomic E-state index is 11.6. The fourth-order valence-electron chi connectivity index (χ4n) is 1.43. The van der Waals surface area contributed by atoms with E-state index in [9.17, 15) is 9.90 Å². The first-order valence-electron chi connectivity index (χ1n) is 4.93. The third-order valence-corrected chi connectivity index (χ3v) is 2.27. The Hall–Kier alpha value is -1.86. The van der Waals surface area contributed by atoms with Crippen molar-refractivity contribution in [3.05, 3.63) is 35.4 Å². The third kappa shape index (κ3) is 2.05. The molecule has 0 saturated heterocycles.